The van der Waals surface area contributed by atoms with Gasteiger partial charge < -0.3 is 30.6 Å². The number of carbonyl (C=O) groups excluding carboxylic acids is 3. The lowest BCUT2D eigenvalue weighted by Crippen LogP contribution is -2.63. The van der Waals surface area contributed by atoms with E-state index < -0.39 is 30.4 Å². The maximum absolute atomic E-state index is 14.7. The molecule has 45 heavy (non-hydrogen) atoms. The second kappa shape index (κ2) is 19.3. The quantitative estimate of drug-likeness (QED) is 0.0946. The van der Waals surface area contributed by atoms with Gasteiger partial charge in [-0.15, -0.1) is 0 Å². The van der Waals surface area contributed by atoms with Crippen molar-refractivity contribution in [1.82, 2.24) is 15.1 Å². The second-order valence-electron chi connectivity index (χ2n) is 12.0. The Kier molecular flexibility index (Phi) is 15.6. The Labute approximate surface area is 268 Å². The Hall–Kier alpha value is -3.22. The molecule has 0 bridgehead atoms. The summed E-state index contributed by atoms with van der Waals surface area (Å²) in [6.07, 6.45) is 4.80. The summed E-state index contributed by atoms with van der Waals surface area (Å²) >= 11 is 0. The van der Waals surface area contributed by atoms with Crippen molar-refractivity contribution in [2.24, 2.45) is 22.4 Å². The standard InChI is InChI=1S/C33H54N6O6/c1-4-6-20-43-31(44-21-7-5-2)27(14-11-18-37-32(34)35)38(28-22-24(3)17-19-36-28)30(41)26-15-16-29(40)39(26)33(42)45-23-25-12-9-8-10-13-25/h8-10,12-13,24,26-28,31,36H,4-7,11,14-23H2,1-3H3,(H4,34,35,37)/t24?,26-,27-,28?/m0/s1. The average molecular weight is 631 g/mol. The maximum Gasteiger partial charge on any atom is 0.417 e. The van der Waals surface area contributed by atoms with Crippen LogP contribution >= 0.6 is 0 Å². The van der Waals surface area contributed by atoms with E-state index in [1.165, 1.54) is 0 Å². The first-order valence-corrected chi connectivity index (χ1v) is 16.6. The third kappa shape index (κ3) is 11.3. The number of benzene rings is 1. The number of carbonyl (C=O) groups is 3. The molecule has 0 saturated carbocycles. The molecule has 0 aromatic heterocycles. The van der Waals surface area contributed by atoms with Gasteiger partial charge in [-0.2, -0.15) is 0 Å². The number of nitrogens with one attached hydrogen (secondary N) is 1. The number of rotatable bonds is 18. The van der Waals surface area contributed by atoms with Crippen LogP contribution in [0.3, 0.4) is 0 Å². The Bertz CT molecular complexity index is 1070. The SMILES string of the molecule is CCCCOC(OCCCC)[C@H](CCCN=C(N)N)N(C(=O)[C@@H]1CCC(=O)N1C(=O)OCc1ccccc1)C1CC(C)CCN1. The van der Waals surface area contributed by atoms with Gasteiger partial charge in [-0.1, -0.05) is 63.9 Å². The van der Waals surface area contributed by atoms with Gasteiger partial charge in [0.05, 0.1) is 12.2 Å². The summed E-state index contributed by atoms with van der Waals surface area (Å²) in [7, 11) is 0. The van der Waals surface area contributed by atoms with E-state index >= 15 is 0 Å². The first-order chi connectivity index (χ1) is 21.8. The zero-order valence-corrected chi connectivity index (χ0v) is 27.3. The van der Waals surface area contributed by atoms with E-state index in [2.05, 4.69) is 31.1 Å². The predicted octanol–water partition coefficient (Wildman–Crippen LogP) is 3.87. The number of unbranched alkanes of at least 4 members (excludes halogenated alkanes) is 2. The fourth-order valence-electron chi connectivity index (χ4n) is 5.82. The van der Waals surface area contributed by atoms with Crippen LogP contribution in [0.15, 0.2) is 35.3 Å². The number of aliphatic imine (C=N–C) groups is 1. The molecule has 0 radical (unpaired) electrons. The van der Waals surface area contributed by atoms with Crippen LogP contribution in [0.1, 0.15) is 90.5 Å². The molecule has 2 saturated heterocycles. The molecule has 0 aliphatic carbocycles. The number of guanidine groups is 1. The minimum absolute atomic E-state index is 0.00179. The summed E-state index contributed by atoms with van der Waals surface area (Å²) in [6.45, 7) is 8.43. The number of nitrogens with zero attached hydrogens (tertiary/aromatic N) is 3. The van der Waals surface area contributed by atoms with Crippen LogP contribution in [0, 0.1) is 5.92 Å². The zero-order chi connectivity index (χ0) is 32.6. The Morgan fingerprint density at radius 1 is 1.07 bits per heavy atom. The lowest BCUT2D eigenvalue weighted by atomic mass is 9.95. The summed E-state index contributed by atoms with van der Waals surface area (Å²) in [5.41, 5.74) is 12.0. The second-order valence-corrected chi connectivity index (χ2v) is 12.0. The fourth-order valence-corrected chi connectivity index (χ4v) is 5.82. The molecular formula is C33H54N6O6. The van der Waals surface area contributed by atoms with E-state index in [1.54, 1.807) is 4.90 Å². The first-order valence-electron chi connectivity index (χ1n) is 16.6. The largest absolute Gasteiger partial charge is 0.444 e. The molecule has 2 unspecified atom stereocenters. The number of piperidine rings is 1. The van der Waals surface area contributed by atoms with Gasteiger partial charge in [0, 0.05) is 26.2 Å². The highest BCUT2D eigenvalue weighted by Crippen LogP contribution is 2.30. The molecular weight excluding hydrogens is 576 g/mol. The summed E-state index contributed by atoms with van der Waals surface area (Å²) in [6, 6.07) is 7.74. The number of likely N-dealkylation sites (tertiary alicyclic amines) is 1. The van der Waals surface area contributed by atoms with Crippen LogP contribution < -0.4 is 16.8 Å². The van der Waals surface area contributed by atoms with Crippen molar-refractivity contribution in [3.63, 3.8) is 0 Å². The lowest BCUT2D eigenvalue weighted by Gasteiger charge is -2.45. The van der Waals surface area contributed by atoms with Crippen LogP contribution in [0.25, 0.3) is 0 Å². The van der Waals surface area contributed by atoms with Gasteiger partial charge in [0.25, 0.3) is 0 Å². The summed E-state index contributed by atoms with van der Waals surface area (Å²) < 4.78 is 18.3. The van der Waals surface area contributed by atoms with Gasteiger partial charge >= 0.3 is 6.09 Å². The molecule has 12 nitrogen and oxygen atoms in total. The number of imide groups is 1. The van der Waals surface area contributed by atoms with Gasteiger partial charge in [0.2, 0.25) is 11.8 Å². The van der Waals surface area contributed by atoms with Crippen molar-refractivity contribution < 1.29 is 28.6 Å². The van der Waals surface area contributed by atoms with Crippen molar-refractivity contribution in [1.29, 1.82) is 0 Å². The van der Waals surface area contributed by atoms with Crippen molar-refractivity contribution in [3.05, 3.63) is 35.9 Å². The number of amides is 3. The minimum atomic E-state index is -0.994. The molecule has 0 spiro atoms. The highest BCUT2D eigenvalue weighted by atomic mass is 16.7. The monoisotopic (exact) mass is 630 g/mol. The molecule has 3 rings (SSSR count). The summed E-state index contributed by atoms with van der Waals surface area (Å²) in [5, 5.41) is 3.54. The van der Waals surface area contributed by atoms with E-state index in [0.29, 0.717) is 44.9 Å². The topological polar surface area (TPSA) is 162 Å². The van der Waals surface area contributed by atoms with Crippen molar-refractivity contribution in [2.75, 3.05) is 26.3 Å². The van der Waals surface area contributed by atoms with E-state index in [4.69, 9.17) is 25.7 Å². The third-order valence-electron chi connectivity index (χ3n) is 8.32. The molecule has 1 aromatic carbocycles. The maximum atomic E-state index is 14.7. The number of hydrogen-bond acceptors (Lipinski definition) is 8. The molecule has 2 heterocycles. The number of nitrogens with two attached hydrogens (primary N) is 2. The van der Waals surface area contributed by atoms with E-state index in [9.17, 15) is 14.4 Å². The molecule has 5 N–H and O–H groups in total. The van der Waals surface area contributed by atoms with Crippen molar-refractivity contribution in [2.45, 2.75) is 116 Å². The minimum Gasteiger partial charge on any atom is -0.444 e. The highest BCUT2D eigenvalue weighted by Gasteiger charge is 2.47. The highest BCUT2D eigenvalue weighted by molar-refractivity contribution is 6.00. The summed E-state index contributed by atoms with van der Waals surface area (Å²) in [4.78, 5) is 48.1. The van der Waals surface area contributed by atoms with Crippen molar-refractivity contribution in [3.8, 4) is 0 Å². The third-order valence-corrected chi connectivity index (χ3v) is 8.32. The van der Waals surface area contributed by atoms with E-state index in [0.717, 1.165) is 49.1 Å². The first kappa shape index (κ1) is 36.3. The van der Waals surface area contributed by atoms with Gasteiger partial charge in [-0.05, 0) is 63.0 Å². The Balaban J connectivity index is 1.95. The van der Waals surface area contributed by atoms with Crippen LogP contribution in [0.2, 0.25) is 0 Å². The fraction of sp³-hybridized carbons (Fsp3) is 0.697. The molecule has 1 aromatic rings. The molecule has 2 aliphatic rings. The van der Waals surface area contributed by atoms with Gasteiger partial charge in [-0.25, -0.2) is 9.69 Å². The predicted molar refractivity (Wildman–Crippen MR) is 173 cm³/mol. The smallest absolute Gasteiger partial charge is 0.417 e. The van der Waals surface area contributed by atoms with Crippen LogP contribution in [0.4, 0.5) is 4.79 Å². The number of ether oxygens (including phenoxy) is 3. The molecule has 2 fully saturated rings. The Morgan fingerprint density at radius 3 is 2.38 bits per heavy atom. The molecule has 2 aliphatic heterocycles. The molecule has 3 amide bonds. The average Bonchev–Trinajstić information content (AvgIpc) is 3.42. The molecule has 12 heteroatoms. The Morgan fingerprint density at radius 2 is 1.76 bits per heavy atom. The zero-order valence-electron chi connectivity index (χ0n) is 27.3. The van der Waals surface area contributed by atoms with Gasteiger partial charge in [0.15, 0.2) is 12.2 Å². The van der Waals surface area contributed by atoms with Gasteiger partial charge in [-0.3, -0.25) is 19.9 Å². The van der Waals surface area contributed by atoms with Crippen LogP contribution in [-0.4, -0.2) is 84.5 Å². The normalized spacial score (nSPS) is 20.7. The lowest BCUT2D eigenvalue weighted by molar-refractivity contribution is -0.195. The van der Waals surface area contributed by atoms with Crippen LogP contribution in [0.5, 0.6) is 0 Å². The number of hydrogen-bond donors (Lipinski definition) is 3. The molecule has 4 atom stereocenters. The van der Waals surface area contributed by atoms with Gasteiger partial charge in [0.1, 0.15) is 12.6 Å². The summed E-state index contributed by atoms with van der Waals surface area (Å²) in [5.74, 6) is -0.368. The van der Waals surface area contributed by atoms with Crippen LogP contribution in [-0.2, 0) is 30.4 Å². The van der Waals surface area contributed by atoms with Crippen molar-refractivity contribution >= 4 is 23.9 Å². The van der Waals surface area contributed by atoms with E-state index in [-0.39, 0.29) is 37.5 Å². The molecule has 252 valence electrons. The van der Waals surface area contributed by atoms with E-state index in [1.807, 2.05) is 30.3 Å².